The van der Waals surface area contributed by atoms with E-state index in [0.717, 1.165) is 6.92 Å². The fourth-order valence-electron chi connectivity index (χ4n) is 1.24. The van der Waals surface area contributed by atoms with Crippen LogP contribution in [0.2, 0.25) is 0 Å². The quantitative estimate of drug-likeness (QED) is 0.921. The van der Waals surface area contributed by atoms with Crippen LogP contribution in [0.1, 0.15) is 25.5 Å². The molecule has 0 spiro atoms. The molecule has 0 aromatic heterocycles. The molecule has 2 atom stereocenters. The predicted octanol–water partition coefficient (Wildman–Crippen LogP) is 3.80. The van der Waals surface area contributed by atoms with Gasteiger partial charge in [-0.1, -0.05) is 22.0 Å². The van der Waals surface area contributed by atoms with Gasteiger partial charge >= 0.3 is 6.18 Å². The van der Waals surface area contributed by atoms with Crippen molar-refractivity contribution >= 4 is 15.9 Å². The van der Waals surface area contributed by atoms with Crippen molar-refractivity contribution in [3.05, 3.63) is 28.2 Å². The Labute approximate surface area is 106 Å². The van der Waals surface area contributed by atoms with Gasteiger partial charge in [0.15, 0.2) is 6.10 Å². The molecule has 1 aromatic carbocycles. The average Bonchev–Trinajstić information content (AvgIpc) is 2.15. The Kier molecular flexibility index (Phi) is 4.43. The highest BCUT2D eigenvalue weighted by Gasteiger charge is 2.38. The molecular weight excluding hydrogens is 299 g/mol. The second-order valence-corrected chi connectivity index (χ2v) is 4.69. The number of alkyl halides is 3. The highest BCUT2D eigenvalue weighted by Crippen LogP contribution is 2.31. The van der Waals surface area contributed by atoms with Crippen molar-refractivity contribution in [3.63, 3.8) is 0 Å². The van der Waals surface area contributed by atoms with Crippen LogP contribution in [0.5, 0.6) is 5.75 Å². The van der Waals surface area contributed by atoms with Crippen LogP contribution in [-0.4, -0.2) is 12.3 Å². The largest absolute Gasteiger partial charge is 0.481 e. The number of benzene rings is 1. The summed E-state index contributed by atoms with van der Waals surface area (Å²) in [6, 6.07) is 4.45. The topological polar surface area (TPSA) is 35.2 Å². The molecule has 0 aliphatic heterocycles. The van der Waals surface area contributed by atoms with Gasteiger partial charge in [-0.2, -0.15) is 13.2 Å². The van der Waals surface area contributed by atoms with E-state index < -0.39 is 18.3 Å². The first-order valence-electron chi connectivity index (χ1n) is 5.00. The third-order valence-electron chi connectivity index (χ3n) is 2.23. The molecule has 0 fully saturated rings. The van der Waals surface area contributed by atoms with E-state index >= 15 is 0 Å². The molecule has 0 saturated heterocycles. The predicted molar refractivity (Wildman–Crippen MR) is 62.9 cm³/mol. The van der Waals surface area contributed by atoms with Crippen molar-refractivity contribution in [2.45, 2.75) is 32.2 Å². The number of hydrogen-bond donors (Lipinski definition) is 1. The van der Waals surface area contributed by atoms with Gasteiger partial charge in [0.25, 0.3) is 0 Å². The smallest absolute Gasteiger partial charge is 0.425 e. The number of ether oxygens (including phenoxy) is 1. The van der Waals surface area contributed by atoms with Gasteiger partial charge in [0.05, 0.1) is 0 Å². The first-order chi connectivity index (χ1) is 7.71. The second kappa shape index (κ2) is 5.27. The fraction of sp³-hybridized carbons (Fsp3) is 0.455. The van der Waals surface area contributed by atoms with Crippen LogP contribution in [0, 0.1) is 0 Å². The Morgan fingerprint density at radius 3 is 2.35 bits per heavy atom. The highest BCUT2D eigenvalue weighted by atomic mass is 79.9. The normalized spacial score (nSPS) is 15.5. The molecule has 2 unspecified atom stereocenters. The second-order valence-electron chi connectivity index (χ2n) is 3.77. The van der Waals surface area contributed by atoms with E-state index in [9.17, 15) is 13.2 Å². The van der Waals surface area contributed by atoms with Crippen molar-refractivity contribution in [2.24, 2.45) is 5.73 Å². The summed E-state index contributed by atoms with van der Waals surface area (Å²) in [7, 11) is 0. The zero-order valence-corrected chi connectivity index (χ0v) is 11.0. The van der Waals surface area contributed by atoms with E-state index in [4.69, 9.17) is 10.5 Å². The molecule has 2 nitrogen and oxygen atoms in total. The van der Waals surface area contributed by atoms with E-state index in [2.05, 4.69) is 15.9 Å². The minimum absolute atomic E-state index is 0.152. The van der Waals surface area contributed by atoms with Crippen molar-refractivity contribution in [3.8, 4) is 5.75 Å². The molecule has 96 valence electrons. The fourth-order valence-corrected chi connectivity index (χ4v) is 1.58. The Balaban J connectivity index is 3.00. The lowest BCUT2D eigenvalue weighted by molar-refractivity contribution is -0.189. The molecule has 2 N–H and O–H groups in total. The molecule has 0 aliphatic carbocycles. The van der Waals surface area contributed by atoms with Crippen molar-refractivity contribution in [1.82, 2.24) is 0 Å². The summed E-state index contributed by atoms with van der Waals surface area (Å²) in [5, 5.41) is 0. The Morgan fingerprint density at radius 2 is 1.88 bits per heavy atom. The summed E-state index contributed by atoms with van der Waals surface area (Å²) >= 11 is 3.18. The summed E-state index contributed by atoms with van der Waals surface area (Å²) in [6.45, 7) is 2.65. The zero-order valence-electron chi connectivity index (χ0n) is 9.38. The maximum Gasteiger partial charge on any atom is 0.425 e. The number of hydrogen-bond acceptors (Lipinski definition) is 2. The van der Waals surface area contributed by atoms with Gasteiger partial charge in [0.1, 0.15) is 5.75 Å². The van der Waals surface area contributed by atoms with E-state index in [1.54, 1.807) is 19.1 Å². The molecule has 0 amide bonds. The van der Waals surface area contributed by atoms with Gasteiger partial charge in [-0.15, -0.1) is 0 Å². The van der Waals surface area contributed by atoms with Crippen molar-refractivity contribution in [2.75, 3.05) is 0 Å². The van der Waals surface area contributed by atoms with E-state index in [1.807, 2.05) is 0 Å². The number of nitrogens with two attached hydrogens (primary N) is 1. The lowest BCUT2D eigenvalue weighted by Crippen LogP contribution is -2.31. The third kappa shape index (κ3) is 3.89. The molecule has 1 rings (SSSR count). The van der Waals surface area contributed by atoms with Gasteiger partial charge in [-0.25, -0.2) is 0 Å². The maximum absolute atomic E-state index is 12.4. The Bertz CT molecular complexity index is 393. The van der Waals surface area contributed by atoms with Crippen LogP contribution in [0.25, 0.3) is 0 Å². The van der Waals surface area contributed by atoms with Crippen LogP contribution in [0.15, 0.2) is 22.7 Å². The van der Waals surface area contributed by atoms with Crippen LogP contribution >= 0.6 is 15.9 Å². The summed E-state index contributed by atoms with van der Waals surface area (Å²) < 4.78 is 42.8. The average molecular weight is 312 g/mol. The Hall–Kier alpha value is -0.750. The minimum Gasteiger partial charge on any atom is -0.481 e. The molecule has 0 heterocycles. The van der Waals surface area contributed by atoms with Crippen LogP contribution in [0.4, 0.5) is 13.2 Å². The summed E-state index contributed by atoms with van der Waals surface area (Å²) in [6.07, 6.45) is -6.26. The van der Waals surface area contributed by atoms with E-state index in [-0.39, 0.29) is 5.75 Å². The standard InChI is InChI=1S/C11H13BrF3NO/c1-6(16)9-4-3-8(12)5-10(9)17-7(2)11(13,14)15/h3-7H,16H2,1-2H3. The monoisotopic (exact) mass is 311 g/mol. The summed E-state index contributed by atoms with van der Waals surface area (Å²) in [5.41, 5.74) is 6.22. The molecule has 17 heavy (non-hydrogen) atoms. The molecular formula is C11H13BrF3NO. The number of halogens is 4. The van der Waals surface area contributed by atoms with E-state index in [1.165, 1.54) is 6.07 Å². The van der Waals surface area contributed by atoms with Crippen LogP contribution in [0.3, 0.4) is 0 Å². The minimum atomic E-state index is -4.39. The lowest BCUT2D eigenvalue weighted by Gasteiger charge is -2.21. The molecule has 0 saturated carbocycles. The molecule has 0 aliphatic rings. The zero-order chi connectivity index (χ0) is 13.2. The van der Waals surface area contributed by atoms with Gasteiger partial charge in [0, 0.05) is 16.1 Å². The first kappa shape index (κ1) is 14.3. The van der Waals surface area contributed by atoms with Gasteiger partial charge in [-0.05, 0) is 26.0 Å². The number of rotatable bonds is 3. The first-order valence-corrected chi connectivity index (χ1v) is 5.79. The molecule has 0 bridgehead atoms. The molecule has 0 radical (unpaired) electrons. The summed E-state index contributed by atoms with van der Waals surface area (Å²) in [4.78, 5) is 0. The van der Waals surface area contributed by atoms with Crippen molar-refractivity contribution < 1.29 is 17.9 Å². The molecule has 1 aromatic rings. The lowest BCUT2D eigenvalue weighted by atomic mass is 10.1. The third-order valence-corrected chi connectivity index (χ3v) is 2.72. The van der Waals surface area contributed by atoms with Gasteiger partial charge in [0.2, 0.25) is 0 Å². The van der Waals surface area contributed by atoms with Crippen molar-refractivity contribution in [1.29, 1.82) is 0 Å². The highest BCUT2D eigenvalue weighted by molar-refractivity contribution is 9.10. The van der Waals surface area contributed by atoms with E-state index in [0.29, 0.717) is 10.0 Å². The Morgan fingerprint density at radius 1 is 1.29 bits per heavy atom. The summed E-state index contributed by atoms with van der Waals surface area (Å²) in [5.74, 6) is 0.152. The van der Waals surface area contributed by atoms with Gasteiger partial charge < -0.3 is 10.5 Å². The van der Waals surface area contributed by atoms with Gasteiger partial charge in [-0.3, -0.25) is 0 Å². The van der Waals surface area contributed by atoms with Crippen LogP contribution < -0.4 is 10.5 Å². The molecule has 6 heteroatoms. The van der Waals surface area contributed by atoms with Crippen LogP contribution in [-0.2, 0) is 0 Å². The maximum atomic E-state index is 12.4. The SMILES string of the molecule is CC(N)c1ccc(Br)cc1OC(C)C(F)(F)F.